The van der Waals surface area contributed by atoms with Crippen LogP contribution in [-0.4, -0.2) is 29.3 Å². The number of benzene rings is 3. The van der Waals surface area contributed by atoms with Gasteiger partial charge in [0, 0.05) is 23.9 Å². The third kappa shape index (κ3) is 7.50. The minimum atomic E-state index is -5.66. The second-order valence-electron chi connectivity index (χ2n) is 9.21. The van der Waals surface area contributed by atoms with Crippen molar-refractivity contribution >= 4 is 19.2 Å². The lowest BCUT2D eigenvalue weighted by atomic mass is 10.0. The van der Waals surface area contributed by atoms with Gasteiger partial charge in [0.05, 0.1) is 6.61 Å². The quantitative estimate of drug-likeness (QED) is 0.171. The fourth-order valence-electron chi connectivity index (χ4n) is 3.99. The summed E-state index contributed by atoms with van der Waals surface area (Å²) in [5.74, 6) is 0.463. The van der Waals surface area contributed by atoms with Gasteiger partial charge < -0.3 is 19.4 Å². The zero-order valence-corrected chi connectivity index (χ0v) is 22.5. The molecular weight excluding hydrogens is 511 g/mol. The summed E-state index contributed by atoms with van der Waals surface area (Å²) in [6.07, 6.45) is 7.27. The molecule has 2 N–H and O–H groups in total. The van der Waals surface area contributed by atoms with Crippen LogP contribution < -0.4 is 9.64 Å². The summed E-state index contributed by atoms with van der Waals surface area (Å²) in [5.41, 5.74) is -2.51. The number of hydrogen-bond donors (Lipinski definition) is 2. The molecule has 0 bridgehead atoms. The molecule has 0 fully saturated rings. The van der Waals surface area contributed by atoms with E-state index < -0.39 is 18.8 Å². The summed E-state index contributed by atoms with van der Waals surface area (Å²) in [5, 5.41) is 0. The van der Waals surface area contributed by atoms with Gasteiger partial charge in [0.25, 0.3) is 5.91 Å². The predicted molar refractivity (Wildman–Crippen MR) is 146 cm³/mol. The minimum Gasteiger partial charge on any atom is -0.494 e. The van der Waals surface area contributed by atoms with Crippen molar-refractivity contribution in [3.8, 4) is 16.9 Å². The normalized spacial score (nSPS) is 11.8. The maximum Gasteiger partial charge on any atom is 0.399 e. The molecule has 0 saturated carbocycles. The van der Waals surface area contributed by atoms with Crippen LogP contribution in [0.15, 0.2) is 72.8 Å². The average molecular weight is 546 g/mol. The number of carbonyl (C=O) groups is 1. The minimum absolute atomic E-state index is 0.306. The molecule has 204 valence electrons. The molecule has 0 saturated heterocycles. The van der Waals surface area contributed by atoms with Crippen LogP contribution in [0, 0.1) is 0 Å². The highest BCUT2D eigenvalue weighted by molar-refractivity contribution is 7.52. The smallest absolute Gasteiger partial charge is 0.399 e. The van der Waals surface area contributed by atoms with Crippen molar-refractivity contribution in [2.75, 3.05) is 18.6 Å². The van der Waals surface area contributed by atoms with Crippen LogP contribution >= 0.6 is 7.60 Å². The molecule has 0 unspecified atom stereocenters. The third-order valence-electron chi connectivity index (χ3n) is 6.36. The van der Waals surface area contributed by atoms with Crippen LogP contribution in [0.3, 0.4) is 0 Å². The molecule has 1 amide bonds. The van der Waals surface area contributed by atoms with Crippen LogP contribution in [0.5, 0.6) is 5.75 Å². The first kappa shape index (κ1) is 29.5. The number of hydrogen-bond acceptors (Lipinski definition) is 3. The summed E-state index contributed by atoms with van der Waals surface area (Å²) in [6, 6.07) is 19.1. The fourth-order valence-corrected chi connectivity index (χ4v) is 4.47. The Kier molecular flexibility index (Phi) is 10.2. The molecule has 0 radical (unpaired) electrons. The van der Waals surface area contributed by atoms with E-state index in [0.717, 1.165) is 35.4 Å². The van der Waals surface area contributed by atoms with Crippen LogP contribution in [0.2, 0.25) is 0 Å². The number of halogens is 2. The SMILES string of the molecule is CCCCCCCCOc1ccc(-c2ccc(C(=O)N(C)c3ccc(C(F)(F)P(=O)(O)O)cc3)cc2)cc1. The maximum absolute atomic E-state index is 13.9. The summed E-state index contributed by atoms with van der Waals surface area (Å²) in [6.45, 7) is 2.91. The van der Waals surface area contributed by atoms with E-state index in [9.17, 15) is 18.1 Å². The first-order valence-corrected chi connectivity index (χ1v) is 14.3. The van der Waals surface area contributed by atoms with E-state index in [1.807, 2.05) is 36.4 Å². The van der Waals surface area contributed by atoms with E-state index >= 15 is 0 Å². The lowest BCUT2D eigenvalue weighted by Crippen LogP contribution is -2.26. The Morgan fingerprint density at radius 3 is 1.92 bits per heavy atom. The van der Waals surface area contributed by atoms with Crippen molar-refractivity contribution in [3.05, 3.63) is 83.9 Å². The largest absolute Gasteiger partial charge is 0.494 e. The van der Waals surface area contributed by atoms with Crippen molar-refractivity contribution < 1.29 is 32.7 Å². The van der Waals surface area contributed by atoms with E-state index in [-0.39, 0.29) is 5.91 Å². The van der Waals surface area contributed by atoms with E-state index in [1.165, 1.54) is 56.2 Å². The van der Waals surface area contributed by atoms with Gasteiger partial charge in [0.1, 0.15) is 5.75 Å². The number of anilines is 1. The molecule has 3 aromatic rings. The van der Waals surface area contributed by atoms with Gasteiger partial charge in [0.2, 0.25) is 0 Å². The van der Waals surface area contributed by atoms with E-state index in [2.05, 4.69) is 6.92 Å². The van der Waals surface area contributed by atoms with E-state index in [1.54, 1.807) is 12.1 Å². The summed E-state index contributed by atoms with van der Waals surface area (Å²) in [4.78, 5) is 32.0. The molecule has 3 aromatic carbocycles. The molecule has 0 aliphatic heterocycles. The lowest BCUT2D eigenvalue weighted by molar-refractivity contribution is 0.0564. The van der Waals surface area contributed by atoms with Crippen LogP contribution in [0.1, 0.15) is 61.4 Å². The molecule has 0 spiro atoms. The topological polar surface area (TPSA) is 87.1 Å². The van der Waals surface area contributed by atoms with Gasteiger partial charge in [-0.05, 0) is 53.9 Å². The molecule has 0 heterocycles. The van der Waals surface area contributed by atoms with Gasteiger partial charge >= 0.3 is 13.3 Å². The zero-order valence-electron chi connectivity index (χ0n) is 21.6. The molecule has 0 atom stereocenters. The molecule has 38 heavy (non-hydrogen) atoms. The van der Waals surface area contributed by atoms with Crippen LogP contribution in [0.4, 0.5) is 14.5 Å². The Morgan fingerprint density at radius 2 is 1.37 bits per heavy atom. The number of nitrogens with zero attached hydrogens (tertiary/aromatic N) is 1. The third-order valence-corrected chi connectivity index (χ3v) is 7.35. The number of carbonyl (C=O) groups excluding carboxylic acids is 1. The van der Waals surface area contributed by atoms with Gasteiger partial charge in [-0.15, -0.1) is 0 Å². The van der Waals surface area contributed by atoms with Crippen LogP contribution in [-0.2, 0) is 10.2 Å². The molecule has 0 aromatic heterocycles. The Bertz CT molecular complexity index is 1230. The molecule has 6 nitrogen and oxygen atoms in total. The van der Waals surface area contributed by atoms with Crippen molar-refractivity contribution in [3.63, 3.8) is 0 Å². The Morgan fingerprint density at radius 1 is 0.842 bits per heavy atom. The number of rotatable bonds is 13. The monoisotopic (exact) mass is 545 g/mol. The molecule has 0 aliphatic carbocycles. The molecule has 0 aliphatic rings. The lowest BCUT2D eigenvalue weighted by Gasteiger charge is -2.21. The van der Waals surface area contributed by atoms with Crippen molar-refractivity contribution in [1.82, 2.24) is 0 Å². The predicted octanol–water partition coefficient (Wildman–Crippen LogP) is 7.60. The Balaban J connectivity index is 1.57. The number of alkyl halides is 2. The second-order valence-corrected chi connectivity index (χ2v) is 10.9. The summed E-state index contributed by atoms with van der Waals surface area (Å²) >= 11 is 0. The highest BCUT2D eigenvalue weighted by Gasteiger charge is 2.50. The Labute approximate surface area is 222 Å². The van der Waals surface area contributed by atoms with E-state index in [0.29, 0.717) is 17.9 Å². The van der Waals surface area contributed by atoms with Crippen molar-refractivity contribution in [2.45, 2.75) is 51.1 Å². The number of amides is 1. The maximum atomic E-state index is 13.9. The van der Waals surface area contributed by atoms with E-state index in [4.69, 9.17) is 14.5 Å². The van der Waals surface area contributed by atoms with Gasteiger partial charge in [-0.25, -0.2) is 0 Å². The first-order valence-electron chi connectivity index (χ1n) is 12.7. The van der Waals surface area contributed by atoms with Crippen LogP contribution in [0.25, 0.3) is 11.1 Å². The zero-order chi connectivity index (χ0) is 27.8. The number of unbranched alkanes of at least 4 members (excludes halogenated alkanes) is 5. The van der Waals surface area contributed by atoms with Gasteiger partial charge in [-0.3, -0.25) is 9.36 Å². The number of ether oxygens (including phenoxy) is 1. The van der Waals surface area contributed by atoms with Gasteiger partial charge in [-0.1, -0.05) is 75.4 Å². The average Bonchev–Trinajstić information content (AvgIpc) is 2.91. The molecule has 3 rings (SSSR count). The molecular formula is C29H34F2NO5P. The molecule has 9 heteroatoms. The van der Waals surface area contributed by atoms with Crippen molar-refractivity contribution in [2.24, 2.45) is 0 Å². The highest BCUT2D eigenvalue weighted by atomic mass is 31.2. The van der Waals surface area contributed by atoms with Gasteiger partial charge in [-0.2, -0.15) is 8.78 Å². The Hall–Kier alpha value is -3.06. The first-order chi connectivity index (χ1) is 18.0. The standard InChI is InChI=1S/C29H34F2NO5P/c1-3-4-5-6-7-8-21-37-27-19-13-23(14-20-27)22-9-11-24(12-10-22)28(33)32(2)26-17-15-25(16-18-26)29(30,31)38(34,35)36/h9-20H,3-8,21H2,1-2H3,(H2,34,35,36). The van der Waals surface area contributed by atoms with Gasteiger partial charge in [0.15, 0.2) is 0 Å². The highest BCUT2D eigenvalue weighted by Crippen LogP contribution is 2.59. The second kappa shape index (κ2) is 13.1. The summed E-state index contributed by atoms with van der Waals surface area (Å²) < 4.78 is 44.7. The summed E-state index contributed by atoms with van der Waals surface area (Å²) in [7, 11) is -4.17. The fraction of sp³-hybridized carbons (Fsp3) is 0.345. The van der Waals surface area contributed by atoms with Crippen molar-refractivity contribution in [1.29, 1.82) is 0 Å².